The molecule has 0 amide bonds. The van der Waals surface area contributed by atoms with Crippen molar-refractivity contribution in [1.29, 1.82) is 0 Å². The fourth-order valence-electron chi connectivity index (χ4n) is 1.59. The van der Waals surface area contributed by atoms with Gasteiger partial charge in [-0.05, 0) is 23.8 Å². The zero-order valence-electron chi connectivity index (χ0n) is 8.99. The molecule has 0 aliphatic rings. The summed E-state index contributed by atoms with van der Waals surface area (Å²) in [6, 6.07) is 13.2. The lowest BCUT2D eigenvalue weighted by molar-refractivity contribution is 0.0993. The van der Waals surface area contributed by atoms with Crippen molar-refractivity contribution in [1.82, 2.24) is 0 Å². The minimum atomic E-state index is -0.439. The van der Waals surface area contributed by atoms with Gasteiger partial charge in [-0.3, -0.25) is 4.79 Å². The summed E-state index contributed by atoms with van der Waals surface area (Å²) in [7, 11) is 0. The van der Waals surface area contributed by atoms with Gasteiger partial charge in [-0.15, -0.1) is 0 Å². The Kier molecular flexibility index (Phi) is 3.55. The number of carbonyl (C=O) groups is 1. The molecule has 86 valence electrons. The lowest BCUT2D eigenvalue weighted by Crippen LogP contribution is -2.04. The molecule has 0 N–H and O–H groups in total. The number of halogens is 2. The summed E-state index contributed by atoms with van der Waals surface area (Å²) >= 11 is 5.83. The summed E-state index contributed by atoms with van der Waals surface area (Å²) in [6.45, 7) is 0. The summed E-state index contributed by atoms with van der Waals surface area (Å²) in [6.07, 6.45) is 0.270. The van der Waals surface area contributed by atoms with Crippen LogP contribution in [0, 0.1) is 5.82 Å². The summed E-state index contributed by atoms with van der Waals surface area (Å²) in [5.41, 5.74) is 1.27. The Bertz CT molecular complexity index is 537. The Morgan fingerprint density at radius 1 is 1.12 bits per heavy atom. The molecule has 0 aromatic heterocycles. The molecule has 0 saturated heterocycles. The van der Waals surface area contributed by atoms with E-state index in [2.05, 4.69) is 0 Å². The van der Waals surface area contributed by atoms with Crippen LogP contribution in [0.25, 0.3) is 0 Å². The van der Waals surface area contributed by atoms with E-state index in [0.29, 0.717) is 5.56 Å². The first kappa shape index (κ1) is 11.8. The zero-order chi connectivity index (χ0) is 12.3. The van der Waals surface area contributed by atoms with E-state index in [9.17, 15) is 9.18 Å². The first-order valence-corrected chi connectivity index (χ1v) is 5.57. The molecule has 0 atom stereocenters. The number of benzene rings is 2. The monoisotopic (exact) mass is 248 g/mol. The highest BCUT2D eigenvalue weighted by molar-refractivity contribution is 6.34. The average Bonchev–Trinajstić information content (AvgIpc) is 2.30. The van der Waals surface area contributed by atoms with Gasteiger partial charge in [-0.25, -0.2) is 4.39 Å². The van der Waals surface area contributed by atoms with E-state index in [0.717, 1.165) is 11.6 Å². The molecule has 3 heteroatoms. The van der Waals surface area contributed by atoms with E-state index < -0.39 is 5.82 Å². The molecule has 0 aliphatic heterocycles. The Labute approximate surface area is 104 Å². The highest BCUT2D eigenvalue weighted by Crippen LogP contribution is 2.19. The second-order valence-corrected chi connectivity index (χ2v) is 4.12. The highest BCUT2D eigenvalue weighted by atomic mass is 35.5. The van der Waals surface area contributed by atoms with Crippen LogP contribution in [0.3, 0.4) is 0 Å². The van der Waals surface area contributed by atoms with Crippen LogP contribution < -0.4 is 0 Å². The predicted octanol–water partition coefficient (Wildman–Crippen LogP) is 3.90. The average molecular weight is 249 g/mol. The molecule has 2 aromatic carbocycles. The van der Waals surface area contributed by atoms with Crippen molar-refractivity contribution in [3.63, 3.8) is 0 Å². The lowest BCUT2D eigenvalue weighted by Gasteiger charge is -2.03. The molecule has 0 saturated carbocycles. The molecular weight excluding hydrogens is 239 g/mol. The predicted molar refractivity (Wildman–Crippen MR) is 65.9 cm³/mol. The number of ketones is 1. The lowest BCUT2D eigenvalue weighted by atomic mass is 10.0. The van der Waals surface area contributed by atoms with Crippen molar-refractivity contribution in [3.05, 3.63) is 70.5 Å². The number of rotatable bonds is 3. The minimum Gasteiger partial charge on any atom is -0.294 e. The Hall–Kier alpha value is -1.67. The molecule has 2 aromatic rings. The van der Waals surface area contributed by atoms with Crippen LogP contribution >= 0.6 is 11.6 Å². The summed E-state index contributed by atoms with van der Waals surface area (Å²) in [5, 5.41) is 0.158. The first-order valence-electron chi connectivity index (χ1n) is 5.19. The summed E-state index contributed by atoms with van der Waals surface area (Å²) in [5.74, 6) is -0.549. The van der Waals surface area contributed by atoms with Crippen LogP contribution in [-0.2, 0) is 6.42 Å². The molecule has 2 rings (SSSR count). The molecular formula is C14H10ClFO. The summed E-state index contributed by atoms with van der Waals surface area (Å²) < 4.78 is 12.8. The van der Waals surface area contributed by atoms with Crippen LogP contribution in [0.15, 0.2) is 48.5 Å². The van der Waals surface area contributed by atoms with Crippen LogP contribution in [0.1, 0.15) is 15.9 Å². The van der Waals surface area contributed by atoms with E-state index in [-0.39, 0.29) is 17.2 Å². The van der Waals surface area contributed by atoms with Gasteiger partial charge in [0, 0.05) is 12.0 Å². The van der Waals surface area contributed by atoms with Crippen molar-refractivity contribution in [2.45, 2.75) is 6.42 Å². The van der Waals surface area contributed by atoms with E-state index in [1.165, 1.54) is 12.1 Å². The molecule has 0 spiro atoms. The van der Waals surface area contributed by atoms with Gasteiger partial charge in [0.25, 0.3) is 0 Å². The van der Waals surface area contributed by atoms with Gasteiger partial charge in [0.1, 0.15) is 5.82 Å². The summed E-state index contributed by atoms with van der Waals surface area (Å²) in [4.78, 5) is 11.9. The number of Topliss-reactive ketones (excluding diaryl/α,β-unsaturated/α-hetero) is 1. The van der Waals surface area contributed by atoms with Crippen molar-refractivity contribution >= 4 is 17.4 Å². The normalized spacial score (nSPS) is 10.2. The maximum Gasteiger partial charge on any atom is 0.168 e. The van der Waals surface area contributed by atoms with Crippen LogP contribution in [-0.4, -0.2) is 5.78 Å². The van der Waals surface area contributed by atoms with Gasteiger partial charge in [-0.1, -0.05) is 41.9 Å². The van der Waals surface area contributed by atoms with Gasteiger partial charge in [-0.2, -0.15) is 0 Å². The standard InChI is InChI=1S/C14H10ClFO/c15-13-9-11(16)6-7-12(13)14(17)8-10-4-2-1-3-5-10/h1-7,9H,8H2. The fraction of sp³-hybridized carbons (Fsp3) is 0.0714. The maximum atomic E-state index is 12.8. The topological polar surface area (TPSA) is 17.1 Å². The fourth-order valence-corrected chi connectivity index (χ4v) is 1.86. The maximum absolute atomic E-state index is 12.8. The molecule has 0 aliphatic carbocycles. The van der Waals surface area contributed by atoms with Crippen molar-refractivity contribution in [3.8, 4) is 0 Å². The Morgan fingerprint density at radius 3 is 2.47 bits per heavy atom. The van der Waals surface area contributed by atoms with E-state index in [1.807, 2.05) is 30.3 Å². The van der Waals surface area contributed by atoms with E-state index in [1.54, 1.807) is 0 Å². The largest absolute Gasteiger partial charge is 0.294 e. The molecule has 1 nitrogen and oxygen atoms in total. The van der Waals surface area contributed by atoms with E-state index >= 15 is 0 Å². The van der Waals surface area contributed by atoms with Gasteiger partial charge in [0.15, 0.2) is 5.78 Å². The smallest absolute Gasteiger partial charge is 0.168 e. The van der Waals surface area contributed by atoms with Gasteiger partial charge >= 0.3 is 0 Å². The van der Waals surface area contributed by atoms with Crippen LogP contribution in [0.4, 0.5) is 4.39 Å². The second-order valence-electron chi connectivity index (χ2n) is 3.71. The van der Waals surface area contributed by atoms with Gasteiger partial charge in [0.2, 0.25) is 0 Å². The highest BCUT2D eigenvalue weighted by Gasteiger charge is 2.11. The van der Waals surface area contributed by atoms with Crippen LogP contribution in [0.5, 0.6) is 0 Å². The molecule has 0 radical (unpaired) electrons. The van der Waals surface area contributed by atoms with Gasteiger partial charge in [0.05, 0.1) is 5.02 Å². The number of hydrogen-bond donors (Lipinski definition) is 0. The third-order valence-electron chi connectivity index (χ3n) is 2.44. The zero-order valence-corrected chi connectivity index (χ0v) is 9.75. The van der Waals surface area contributed by atoms with Crippen molar-refractivity contribution < 1.29 is 9.18 Å². The number of carbonyl (C=O) groups excluding carboxylic acids is 1. The Morgan fingerprint density at radius 2 is 1.82 bits per heavy atom. The van der Waals surface area contributed by atoms with Crippen LogP contribution in [0.2, 0.25) is 5.02 Å². The van der Waals surface area contributed by atoms with Crippen molar-refractivity contribution in [2.24, 2.45) is 0 Å². The molecule has 0 fully saturated rings. The third kappa shape index (κ3) is 2.92. The third-order valence-corrected chi connectivity index (χ3v) is 2.75. The molecule has 0 heterocycles. The quantitative estimate of drug-likeness (QED) is 0.753. The Balaban J connectivity index is 2.21. The molecule has 0 bridgehead atoms. The first-order chi connectivity index (χ1) is 8.16. The number of hydrogen-bond acceptors (Lipinski definition) is 1. The molecule has 17 heavy (non-hydrogen) atoms. The SMILES string of the molecule is O=C(Cc1ccccc1)c1ccc(F)cc1Cl. The second kappa shape index (κ2) is 5.11. The van der Waals surface area contributed by atoms with Crippen molar-refractivity contribution in [2.75, 3.05) is 0 Å². The van der Waals surface area contributed by atoms with Gasteiger partial charge < -0.3 is 0 Å². The van der Waals surface area contributed by atoms with E-state index in [4.69, 9.17) is 11.6 Å². The minimum absolute atomic E-state index is 0.110. The molecule has 0 unspecified atom stereocenters.